The Kier molecular flexibility index (Phi) is 6.52. The van der Waals surface area contributed by atoms with Gasteiger partial charge in [-0.2, -0.15) is 0 Å². The average molecular weight is 332 g/mol. The number of ether oxygens (including phenoxy) is 2. The Morgan fingerprint density at radius 1 is 0.667 bits per heavy atom. The molecule has 0 spiro atoms. The lowest BCUT2D eigenvalue weighted by molar-refractivity contribution is 0.126. The van der Waals surface area contributed by atoms with E-state index in [4.69, 9.17) is 14.6 Å². The molecule has 0 aliphatic carbocycles. The van der Waals surface area contributed by atoms with Crippen LogP contribution in [0.4, 0.5) is 0 Å². The topological polar surface area (TPSA) is 58.9 Å². The van der Waals surface area contributed by atoms with E-state index in [1.807, 2.05) is 47.6 Å². The second kappa shape index (κ2) is 7.95. The first-order valence-corrected chi connectivity index (χ1v) is 7.91. The maximum atomic E-state index is 9.35. The van der Waals surface area contributed by atoms with Crippen LogP contribution in [0.5, 0.6) is 23.0 Å². The molecule has 2 N–H and O–H groups in total. The van der Waals surface area contributed by atoms with E-state index in [1.54, 1.807) is 42.5 Å². The van der Waals surface area contributed by atoms with Gasteiger partial charge in [0.15, 0.2) is 11.5 Å². The van der Waals surface area contributed by atoms with Crippen molar-refractivity contribution in [1.82, 2.24) is 0 Å². The molecule has 2 aromatic carbocycles. The highest BCUT2D eigenvalue weighted by atomic mass is 16.5. The predicted octanol–water partition coefficient (Wildman–Crippen LogP) is 5.14. The fraction of sp³-hybridized carbons (Fsp3) is 0.400. The van der Waals surface area contributed by atoms with E-state index in [2.05, 4.69) is 0 Å². The first-order chi connectivity index (χ1) is 11.0. The van der Waals surface area contributed by atoms with Crippen LogP contribution < -0.4 is 9.47 Å². The Morgan fingerprint density at radius 2 is 1.17 bits per heavy atom. The molecule has 24 heavy (non-hydrogen) atoms. The lowest BCUT2D eigenvalue weighted by atomic mass is 10.2. The summed E-state index contributed by atoms with van der Waals surface area (Å²) in [5.74, 6) is 1.76. The fourth-order valence-electron chi connectivity index (χ4n) is 1.74. The van der Waals surface area contributed by atoms with Crippen LogP contribution in [0.1, 0.15) is 41.5 Å². The Hall–Kier alpha value is -2.36. The molecular weight excluding hydrogens is 304 g/mol. The lowest BCUT2D eigenvalue weighted by Gasteiger charge is -2.21. The number of aromatic hydroxyl groups is 2. The molecular formula is C20H28O4. The Bertz CT molecular complexity index is 619. The Balaban J connectivity index is 0.000000240. The highest BCUT2D eigenvalue weighted by Gasteiger charge is 2.13. The van der Waals surface area contributed by atoms with Crippen molar-refractivity contribution in [3.8, 4) is 23.0 Å². The van der Waals surface area contributed by atoms with Crippen molar-refractivity contribution in [2.45, 2.75) is 52.7 Å². The molecule has 0 heterocycles. The molecule has 0 radical (unpaired) electrons. The monoisotopic (exact) mass is 332 g/mol. The number of para-hydroxylation sites is 2. The molecule has 0 bridgehead atoms. The number of phenols is 2. The molecule has 4 heteroatoms. The van der Waals surface area contributed by atoms with Crippen LogP contribution in [-0.2, 0) is 0 Å². The van der Waals surface area contributed by atoms with Gasteiger partial charge in [-0.1, -0.05) is 12.1 Å². The third-order valence-electron chi connectivity index (χ3n) is 2.54. The summed E-state index contributed by atoms with van der Waals surface area (Å²) in [4.78, 5) is 0. The van der Waals surface area contributed by atoms with E-state index in [0.29, 0.717) is 5.75 Å². The second-order valence-corrected chi connectivity index (χ2v) is 7.39. The molecule has 2 aromatic rings. The normalized spacial score (nSPS) is 11.2. The minimum atomic E-state index is -0.265. The van der Waals surface area contributed by atoms with E-state index in [1.165, 1.54) is 0 Å². The highest BCUT2D eigenvalue weighted by molar-refractivity contribution is 5.38. The fourth-order valence-corrected chi connectivity index (χ4v) is 1.74. The number of rotatable bonds is 2. The zero-order valence-electron chi connectivity index (χ0n) is 15.3. The molecule has 0 aromatic heterocycles. The predicted molar refractivity (Wildman–Crippen MR) is 97.0 cm³/mol. The van der Waals surface area contributed by atoms with Crippen molar-refractivity contribution in [2.24, 2.45) is 0 Å². The molecule has 2 rings (SSSR count). The van der Waals surface area contributed by atoms with Gasteiger partial charge in [0.2, 0.25) is 0 Å². The summed E-state index contributed by atoms with van der Waals surface area (Å²) in [7, 11) is 0. The molecule has 0 saturated carbocycles. The largest absolute Gasteiger partial charge is 0.508 e. The molecule has 0 amide bonds. The Morgan fingerprint density at radius 3 is 1.62 bits per heavy atom. The first kappa shape index (κ1) is 19.7. The molecule has 0 fully saturated rings. The van der Waals surface area contributed by atoms with Gasteiger partial charge in [0, 0.05) is 0 Å². The molecule has 0 aliphatic rings. The molecule has 132 valence electrons. The third-order valence-corrected chi connectivity index (χ3v) is 2.54. The second-order valence-electron chi connectivity index (χ2n) is 7.39. The van der Waals surface area contributed by atoms with Gasteiger partial charge < -0.3 is 19.7 Å². The summed E-state index contributed by atoms with van der Waals surface area (Å²) in [5.41, 5.74) is -0.449. The van der Waals surface area contributed by atoms with Crippen LogP contribution in [0.15, 0.2) is 48.5 Å². The van der Waals surface area contributed by atoms with Crippen LogP contribution in [0.25, 0.3) is 0 Å². The van der Waals surface area contributed by atoms with Crippen molar-refractivity contribution < 1.29 is 19.7 Å². The smallest absolute Gasteiger partial charge is 0.161 e. The molecule has 0 atom stereocenters. The quantitative estimate of drug-likeness (QED) is 0.799. The summed E-state index contributed by atoms with van der Waals surface area (Å²) in [6.07, 6.45) is 0. The summed E-state index contributed by atoms with van der Waals surface area (Å²) in [6.45, 7) is 11.8. The number of hydrogen-bond donors (Lipinski definition) is 2. The van der Waals surface area contributed by atoms with Crippen molar-refractivity contribution in [3.05, 3.63) is 48.5 Å². The van der Waals surface area contributed by atoms with Crippen LogP contribution in [0, 0.1) is 0 Å². The summed E-state index contributed by atoms with van der Waals surface area (Å²) in [6, 6.07) is 13.7. The highest BCUT2D eigenvalue weighted by Crippen LogP contribution is 2.27. The van der Waals surface area contributed by atoms with Crippen molar-refractivity contribution in [3.63, 3.8) is 0 Å². The van der Waals surface area contributed by atoms with Gasteiger partial charge in [-0.15, -0.1) is 0 Å². The maximum absolute atomic E-state index is 9.35. The number of phenolic OH excluding ortho intramolecular Hbond substituents is 2. The Labute approximate surface area is 144 Å². The van der Waals surface area contributed by atoms with Crippen LogP contribution >= 0.6 is 0 Å². The minimum absolute atomic E-state index is 0.184. The number of benzene rings is 2. The van der Waals surface area contributed by atoms with Crippen LogP contribution in [0.2, 0.25) is 0 Å². The summed E-state index contributed by atoms with van der Waals surface area (Å²) >= 11 is 0. The van der Waals surface area contributed by atoms with Gasteiger partial charge in [0.05, 0.1) is 0 Å². The van der Waals surface area contributed by atoms with Crippen molar-refractivity contribution in [1.29, 1.82) is 0 Å². The molecule has 4 nitrogen and oxygen atoms in total. The first-order valence-electron chi connectivity index (χ1n) is 7.91. The lowest BCUT2D eigenvalue weighted by Crippen LogP contribution is -2.22. The van der Waals surface area contributed by atoms with E-state index in [-0.39, 0.29) is 22.7 Å². The van der Waals surface area contributed by atoms with Crippen LogP contribution in [0.3, 0.4) is 0 Å². The molecule has 0 unspecified atom stereocenters. The van der Waals surface area contributed by atoms with Gasteiger partial charge >= 0.3 is 0 Å². The van der Waals surface area contributed by atoms with Crippen molar-refractivity contribution >= 4 is 0 Å². The van der Waals surface area contributed by atoms with Gasteiger partial charge in [0.25, 0.3) is 0 Å². The molecule has 0 saturated heterocycles. The van der Waals surface area contributed by atoms with Gasteiger partial charge in [-0.25, -0.2) is 0 Å². The van der Waals surface area contributed by atoms with E-state index in [9.17, 15) is 5.11 Å². The van der Waals surface area contributed by atoms with Gasteiger partial charge in [0.1, 0.15) is 22.7 Å². The minimum Gasteiger partial charge on any atom is -0.508 e. The van der Waals surface area contributed by atoms with E-state index >= 15 is 0 Å². The van der Waals surface area contributed by atoms with E-state index < -0.39 is 0 Å². The summed E-state index contributed by atoms with van der Waals surface area (Å²) < 4.78 is 11.0. The van der Waals surface area contributed by atoms with Gasteiger partial charge in [-0.05, 0) is 77.9 Å². The van der Waals surface area contributed by atoms with Crippen LogP contribution in [-0.4, -0.2) is 21.4 Å². The zero-order chi connectivity index (χ0) is 18.4. The third kappa shape index (κ3) is 8.32. The summed E-state index contributed by atoms with van der Waals surface area (Å²) in [5, 5.41) is 18.3. The maximum Gasteiger partial charge on any atom is 0.161 e. The molecule has 0 aliphatic heterocycles. The van der Waals surface area contributed by atoms with Crippen molar-refractivity contribution in [2.75, 3.05) is 0 Å². The standard InChI is InChI=1S/2C10H14O2/c1-10(2,3)12-9-6-4-8(11)5-7-9;1-10(2,3)12-9-7-5-4-6-8(9)11/h2*4-7,11H,1-3H3. The number of hydrogen-bond acceptors (Lipinski definition) is 4. The van der Waals surface area contributed by atoms with Gasteiger partial charge in [-0.3, -0.25) is 0 Å². The SMILES string of the molecule is CC(C)(C)Oc1ccc(O)cc1.CC(C)(C)Oc1ccccc1O. The van der Waals surface area contributed by atoms with E-state index in [0.717, 1.165) is 5.75 Å². The average Bonchev–Trinajstić information content (AvgIpc) is 2.42. The zero-order valence-corrected chi connectivity index (χ0v) is 15.3.